The Kier molecular flexibility index (Phi) is 2.34. The highest BCUT2D eigenvalue weighted by molar-refractivity contribution is 7.08. The number of benzene rings is 1. The number of thiophene rings is 1. The standard InChI is InChI=1S/C13H9ClOS/c14-9-1-2-10-11(8-3-4-16-7-8)6-13(15)12(10)5-9/h1-5,7,11H,6H2. The summed E-state index contributed by atoms with van der Waals surface area (Å²) in [6.45, 7) is 0. The molecule has 80 valence electrons. The van der Waals surface area contributed by atoms with Gasteiger partial charge in [0.15, 0.2) is 5.78 Å². The highest BCUT2D eigenvalue weighted by Gasteiger charge is 2.30. The summed E-state index contributed by atoms with van der Waals surface area (Å²) in [5.41, 5.74) is 3.15. The summed E-state index contributed by atoms with van der Waals surface area (Å²) in [5.74, 6) is 0.430. The van der Waals surface area contributed by atoms with Crippen LogP contribution in [-0.2, 0) is 0 Å². The molecule has 2 aromatic rings. The molecule has 0 saturated heterocycles. The molecule has 0 saturated carbocycles. The predicted octanol–water partition coefficient (Wildman–Crippen LogP) is 4.12. The third-order valence-corrected chi connectivity index (χ3v) is 3.96. The molecule has 0 amide bonds. The van der Waals surface area contributed by atoms with Gasteiger partial charge in [-0.25, -0.2) is 0 Å². The van der Waals surface area contributed by atoms with Gasteiger partial charge in [-0.3, -0.25) is 4.79 Å². The average molecular weight is 249 g/mol. The van der Waals surface area contributed by atoms with Crippen molar-refractivity contribution in [1.82, 2.24) is 0 Å². The summed E-state index contributed by atoms with van der Waals surface area (Å²) in [7, 11) is 0. The van der Waals surface area contributed by atoms with E-state index in [1.807, 2.05) is 17.5 Å². The Morgan fingerprint density at radius 2 is 2.19 bits per heavy atom. The quantitative estimate of drug-likeness (QED) is 0.742. The van der Waals surface area contributed by atoms with Gasteiger partial charge in [0, 0.05) is 22.9 Å². The van der Waals surface area contributed by atoms with Crippen molar-refractivity contribution in [3.63, 3.8) is 0 Å². The van der Waals surface area contributed by atoms with E-state index in [4.69, 9.17) is 11.6 Å². The van der Waals surface area contributed by atoms with Crippen molar-refractivity contribution in [2.24, 2.45) is 0 Å². The molecule has 3 heteroatoms. The molecule has 16 heavy (non-hydrogen) atoms. The summed E-state index contributed by atoms with van der Waals surface area (Å²) in [6.07, 6.45) is 0.576. The zero-order valence-corrected chi connectivity index (χ0v) is 10.0. The predicted molar refractivity (Wildman–Crippen MR) is 66.6 cm³/mol. The van der Waals surface area contributed by atoms with Gasteiger partial charge in [-0.05, 0) is 40.1 Å². The molecule has 1 heterocycles. The largest absolute Gasteiger partial charge is 0.294 e. The fraction of sp³-hybridized carbons (Fsp3) is 0.154. The van der Waals surface area contributed by atoms with E-state index in [-0.39, 0.29) is 11.7 Å². The average Bonchev–Trinajstić information content (AvgIpc) is 2.87. The third kappa shape index (κ3) is 1.49. The van der Waals surface area contributed by atoms with Gasteiger partial charge >= 0.3 is 0 Å². The third-order valence-electron chi connectivity index (χ3n) is 3.03. The van der Waals surface area contributed by atoms with Crippen molar-refractivity contribution in [2.75, 3.05) is 0 Å². The van der Waals surface area contributed by atoms with Crippen LogP contribution in [0.4, 0.5) is 0 Å². The maximum Gasteiger partial charge on any atom is 0.164 e. The minimum absolute atomic E-state index is 0.203. The van der Waals surface area contributed by atoms with Gasteiger partial charge < -0.3 is 0 Å². The number of halogens is 1. The zero-order chi connectivity index (χ0) is 11.1. The van der Waals surface area contributed by atoms with Crippen molar-refractivity contribution in [2.45, 2.75) is 12.3 Å². The van der Waals surface area contributed by atoms with Gasteiger partial charge in [-0.1, -0.05) is 17.7 Å². The first-order valence-electron chi connectivity index (χ1n) is 5.10. The Morgan fingerprint density at radius 3 is 2.94 bits per heavy atom. The van der Waals surface area contributed by atoms with E-state index in [1.165, 1.54) is 5.56 Å². The second-order valence-electron chi connectivity index (χ2n) is 3.97. The minimum Gasteiger partial charge on any atom is -0.294 e. The lowest BCUT2D eigenvalue weighted by molar-refractivity contribution is 0.0991. The van der Waals surface area contributed by atoms with E-state index in [9.17, 15) is 4.79 Å². The summed E-state index contributed by atoms with van der Waals surface area (Å²) in [5, 5.41) is 4.80. The number of hydrogen-bond donors (Lipinski definition) is 0. The molecule has 0 bridgehead atoms. The smallest absolute Gasteiger partial charge is 0.164 e. The van der Waals surface area contributed by atoms with Crippen LogP contribution >= 0.6 is 22.9 Å². The van der Waals surface area contributed by atoms with Gasteiger partial charge in [0.25, 0.3) is 0 Å². The molecule has 3 rings (SSSR count). The van der Waals surface area contributed by atoms with E-state index < -0.39 is 0 Å². The van der Waals surface area contributed by atoms with Crippen LogP contribution in [0.25, 0.3) is 0 Å². The number of carbonyl (C=O) groups excluding carboxylic acids is 1. The van der Waals surface area contributed by atoms with Crippen molar-refractivity contribution in [1.29, 1.82) is 0 Å². The topological polar surface area (TPSA) is 17.1 Å². The number of Topliss-reactive ketones (excluding diaryl/α,β-unsaturated/α-hetero) is 1. The van der Waals surface area contributed by atoms with Gasteiger partial charge in [0.1, 0.15) is 0 Å². The Balaban J connectivity index is 2.13. The molecule has 0 aliphatic heterocycles. The van der Waals surface area contributed by atoms with Crippen LogP contribution in [0.1, 0.15) is 33.8 Å². The van der Waals surface area contributed by atoms with Crippen LogP contribution in [0.15, 0.2) is 35.0 Å². The second-order valence-corrected chi connectivity index (χ2v) is 5.18. The van der Waals surface area contributed by atoms with Crippen LogP contribution in [0, 0.1) is 0 Å². The fourth-order valence-corrected chi connectivity index (χ4v) is 3.14. The number of rotatable bonds is 1. The molecular formula is C13H9ClOS. The SMILES string of the molecule is O=C1CC(c2ccsc2)c2ccc(Cl)cc21. The zero-order valence-electron chi connectivity index (χ0n) is 8.44. The fourth-order valence-electron chi connectivity index (χ4n) is 2.25. The van der Waals surface area contributed by atoms with Crippen LogP contribution in [0.3, 0.4) is 0 Å². The van der Waals surface area contributed by atoms with E-state index in [1.54, 1.807) is 17.4 Å². The number of carbonyl (C=O) groups is 1. The molecule has 0 radical (unpaired) electrons. The van der Waals surface area contributed by atoms with Crippen molar-refractivity contribution < 1.29 is 4.79 Å². The van der Waals surface area contributed by atoms with Gasteiger partial charge in [-0.15, -0.1) is 0 Å². The summed E-state index contributed by atoms with van der Waals surface area (Å²) in [4.78, 5) is 11.9. The maximum atomic E-state index is 11.9. The van der Waals surface area contributed by atoms with Crippen molar-refractivity contribution in [3.05, 3.63) is 56.7 Å². The molecule has 1 aliphatic carbocycles. The van der Waals surface area contributed by atoms with Gasteiger partial charge in [0.05, 0.1) is 0 Å². The number of fused-ring (bicyclic) bond motifs is 1. The summed E-state index contributed by atoms with van der Waals surface area (Å²) < 4.78 is 0. The van der Waals surface area contributed by atoms with E-state index in [0.29, 0.717) is 11.4 Å². The Morgan fingerprint density at radius 1 is 1.31 bits per heavy atom. The molecule has 0 spiro atoms. The van der Waals surface area contributed by atoms with Crippen LogP contribution in [0.5, 0.6) is 0 Å². The lowest BCUT2D eigenvalue weighted by Crippen LogP contribution is -1.94. The van der Waals surface area contributed by atoms with Crippen molar-refractivity contribution in [3.8, 4) is 0 Å². The molecular weight excluding hydrogens is 240 g/mol. The first kappa shape index (κ1) is 10.1. The van der Waals surface area contributed by atoms with Crippen LogP contribution in [0.2, 0.25) is 5.02 Å². The molecule has 1 nitrogen and oxygen atoms in total. The monoisotopic (exact) mass is 248 g/mol. The van der Waals surface area contributed by atoms with Gasteiger partial charge in [-0.2, -0.15) is 11.3 Å². The Labute approximate surface area is 103 Å². The minimum atomic E-state index is 0.203. The molecule has 1 aliphatic rings. The maximum absolute atomic E-state index is 11.9. The summed E-state index contributed by atoms with van der Waals surface area (Å²) in [6, 6.07) is 7.71. The molecule has 1 aromatic carbocycles. The van der Waals surface area contributed by atoms with Crippen molar-refractivity contribution >= 4 is 28.7 Å². The lowest BCUT2D eigenvalue weighted by atomic mass is 9.95. The van der Waals surface area contributed by atoms with Crippen LogP contribution < -0.4 is 0 Å². The first-order chi connectivity index (χ1) is 7.75. The molecule has 0 N–H and O–H groups in total. The first-order valence-corrected chi connectivity index (χ1v) is 6.42. The summed E-state index contributed by atoms with van der Waals surface area (Å²) >= 11 is 7.58. The number of ketones is 1. The second kappa shape index (κ2) is 3.72. The highest BCUT2D eigenvalue weighted by Crippen LogP contribution is 2.39. The molecule has 0 fully saturated rings. The lowest BCUT2D eigenvalue weighted by Gasteiger charge is -2.08. The number of hydrogen-bond acceptors (Lipinski definition) is 2. The molecule has 1 unspecified atom stereocenters. The van der Waals surface area contributed by atoms with Gasteiger partial charge in [0.2, 0.25) is 0 Å². The van der Waals surface area contributed by atoms with E-state index in [2.05, 4.69) is 11.4 Å². The molecule has 1 aromatic heterocycles. The Bertz CT molecular complexity index is 545. The highest BCUT2D eigenvalue weighted by atomic mass is 35.5. The van der Waals surface area contributed by atoms with E-state index in [0.717, 1.165) is 11.1 Å². The Hall–Kier alpha value is -1.12. The normalized spacial score (nSPS) is 18.8. The molecule has 1 atom stereocenters. The van der Waals surface area contributed by atoms with Crippen LogP contribution in [-0.4, -0.2) is 5.78 Å². The van der Waals surface area contributed by atoms with E-state index >= 15 is 0 Å².